The van der Waals surface area contributed by atoms with Gasteiger partial charge in [0.05, 0.1) is 0 Å². The average Bonchev–Trinajstić information content (AvgIpc) is 2.29. The van der Waals surface area contributed by atoms with Crippen molar-refractivity contribution in [3.8, 4) is 0 Å². The second kappa shape index (κ2) is 6.02. The Balaban J connectivity index is 2.72. The highest BCUT2D eigenvalue weighted by Crippen LogP contribution is 2.06. The maximum Gasteiger partial charge on any atom is 0.354 e. The van der Waals surface area contributed by atoms with Crippen LogP contribution >= 0.6 is 0 Å². The smallest absolute Gasteiger partial charge is 0.354 e. The molecule has 1 heterocycles. The highest BCUT2D eigenvalue weighted by molar-refractivity contribution is 5.85. The molecule has 0 aromatic carbocycles. The molecule has 0 spiro atoms. The van der Waals surface area contributed by atoms with Crippen LogP contribution in [-0.4, -0.2) is 38.8 Å². The number of aliphatic hydroxyl groups excluding tert-OH is 1. The monoisotopic (exact) mass is 225 g/mol. The lowest BCUT2D eigenvalue weighted by molar-refractivity contribution is 0.0690. The third-order valence-electron chi connectivity index (χ3n) is 2.18. The van der Waals surface area contributed by atoms with Crippen LogP contribution in [0.15, 0.2) is 12.3 Å². The van der Waals surface area contributed by atoms with Crippen molar-refractivity contribution in [2.75, 3.05) is 11.9 Å². The van der Waals surface area contributed by atoms with Crippen molar-refractivity contribution < 1.29 is 15.0 Å². The summed E-state index contributed by atoms with van der Waals surface area (Å²) in [6.45, 7) is 2.04. The molecule has 6 heteroatoms. The van der Waals surface area contributed by atoms with Crippen molar-refractivity contribution >= 4 is 11.9 Å². The predicted octanol–water partition coefficient (Wildman–Crippen LogP) is 0.748. The van der Waals surface area contributed by atoms with E-state index < -0.39 is 5.97 Å². The number of carboxylic acid groups (broad SMARTS) is 1. The molecule has 16 heavy (non-hydrogen) atoms. The van der Waals surface area contributed by atoms with Crippen LogP contribution in [0.1, 0.15) is 30.3 Å². The van der Waals surface area contributed by atoms with Gasteiger partial charge in [-0.15, -0.1) is 0 Å². The zero-order valence-corrected chi connectivity index (χ0v) is 9.05. The zero-order valence-electron chi connectivity index (χ0n) is 9.05. The van der Waals surface area contributed by atoms with Gasteiger partial charge in [-0.1, -0.05) is 6.92 Å². The molecule has 1 atom stereocenters. The summed E-state index contributed by atoms with van der Waals surface area (Å²) in [7, 11) is 0. The highest BCUT2D eigenvalue weighted by atomic mass is 16.4. The minimum atomic E-state index is -1.08. The largest absolute Gasteiger partial charge is 0.477 e. The van der Waals surface area contributed by atoms with Crippen molar-refractivity contribution in [2.24, 2.45) is 0 Å². The molecular weight excluding hydrogens is 210 g/mol. The molecular formula is C10H15N3O3. The Kier molecular flexibility index (Phi) is 4.65. The van der Waals surface area contributed by atoms with Gasteiger partial charge in [0, 0.05) is 18.8 Å². The molecule has 1 rings (SSSR count). The van der Waals surface area contributed by atoms with Gasteiger partial charge in [0.25, 0.3) is 0 Å². The molecule has 1 aromatic heterocycles. The van der Waals surface area contributed by atoms with E-state index in [-0.39, 0.29) is 24.3 Å². The third-order valence-corrected chi connectivity index (χ3v) is 2.18. The quantitative estimate of drug-likeness (QED) is 0.661. The minimum absolute atomic E-state index is 0.0450. The molecule has 1 aromatic rings. The van der Waals surface area contributed by atoms with E-state index in [1.54, 1.807) is 0 Å². The van der Waals surface area contributed by atoms with Gasteiger partial charge < -0.3 is 15.5 Å². The molecule has 0 aliphatic rings. The Morgan fingerprint density at radius 1 is 1.62 bits per heavy atom. The topological polar surface area (TPSA) is 95.3 Å². The maximum absolute atomic E-state index is 10.7. The van der Waals surface area contributed by atoms with Gasteiger partial charge in [0.2, 0.25) is 5.95 Å². The number of hydrogen-bond donors (Lipinski definition) is 3. The van der Waals surface area contributed by atoms with Crippen LogP contribution in [0.4, 0.5) is 5.95 Å². The van der Waals surface area contributed by atoms with Gasteiger partial charge in [-0.2, -0.15) is 0 Å². The SMILES string of the molecule is CCC(CCO)Nc1nccc(C(=O)O)n1. The van der Waals surface area contributed by atoms with E-state index in [2.05, 4.69) is 15.3 Å². The van der Waals surface area contributed by atoms with Crippen LogP contribution in [-0.2, 0) is 0 Å². The number of aliphatic hydroxyl groups is 1. The fourth-order valence-electron chi connectivity index (χ4n) is 1.26. The van der Waals surface area contributed by atoms with Gasteiger partial charge in [0.1, 0.15) is 0 Å². The first-order chi connectivity index (χ1) is 7.67. The number of aromatic nitrogens is 2. The van der Waals surface area contributed by atoms with E-state index in [9.17, 15) is 4.79 Å². The van der Waals surface area contributed by atoms with Crippen LogP contribution < -0.4 is 5.32 Å². The maximum atomic E-state index is 10.7. The van der Waals surface area contributed by atoms with Gasteiger partial charge in [0.15, 0.2) is 5.69 Å². The van der Waals surface area contributed by atoms with Crippen molar-refractivity contribution in [1.29, 1.82) is 0 Å². The fraction of sp³-hybridized carbons (Fsp3) is 0.500. The van der Waals surface area contributed by atoms with Crippen molar-refractivity contribution in [2.45, 2.75) is 25.8 Å². The molecule has 0 radical (unpaired) electrons. The Morgan fingerprint density at radius 2 is 2.38 bits per heavy atom. The normalized spacial score (nSPS) is 12.1. The number of rotatable bonds is 6. The number of anilines is 1. The first kappa shape index (κ1) is 12.4. The summed E-state index contributed by atoms with van der Waals surface area (Å²) in [4.78, 5) is 18.4. The van der Waals surface area contributed by atoms with E-state index in [1.807, 2.05) is 6.92 Å². The second-order valence-electron chi connectivity index (χ2n) is 3.33. The lowest BCUT2D eigenvalue weighted by Crippen LogP contribution is -2.21. The number of carboxylic acids is 1. The number of hydrogen-bond acceptors (Lipinski definition) is 5. The molecule has 0 bridgehead atoms. The Bertz CT molecular complexity index is 357. The summed E-state index contributed by atoms with van der Waals surface area (Å²) in [5.74, 6) is -0.805. The van der Waals surface area contributed by atoms with Gasteiger partial charge in [-0.3, -0.25) is 0 Å². The van der Waals surface area contributed by atoms with Crippen LogP contribution in [0.5, 0.6) is 0 Å². The van der Waals surface area contributed by atoms with E-state index in [1.165, 1.54) is 12.3 Å². The van der Waals surface area contributed by atoms with Crippen molar-refractivity contribution in [1.82, 2.24) is 9.97 Å². The molecule has 0 aliphatic heterocycles. The summed E-state index contributed by atoms with van der Waals surface area (Å²) < 4.78 is 0. The Labute approximate surface area is 93.4 Å². The lowest BCUT2D eigenvalue weighted by atomic mass is 10.2. The lowest BCUT2D eigenvalue weighted by Gasteiger charge is -2.15. The predicted molar refractivity (Wildman–Crippen MR) is 58.4 cm³/mol. The first-order valence-corrected chi connectivity index (χ1v) is 5.11. The molecule has 0 saturated heterocycles. The van der Waals surface area contributed by atoms with Crippen LogP contribution in [0.3, 0.4) is 0 Å². The van der Waals surface area contributed by atoms with Crippen molar-refractivity contribution in [3.05, 3.63) is 18.0 Å². The zero-order chi connectivity index (χ0) is 12.0. The van der Waals surface area contributed by atoms with E-state index in [0.717, 1.165) is 6.42 Å². The van der Waals surface area contributed by atoms with E-state index >= 15 is 0 Å². The second-order valence-corrected chi connectivity index (χ2v) is 3.33. The van der Waals surface area contributed by atoms with Crippen LogP contribution in [0.25, 0.3) is 0 Å². The molecule has 0 aliphatic carbocycles. The summed E-state index contributed by atoms with van der Waals surface area (Å²) in [6, 6.07) is 1.38. The minimum Gasteiger partial charge on any atom is -0.477 e. The fourth-order valence-corrected chi connectivity index (χ4v) is 1.26. The number of nitrogens with zero attached hydrogens (tertiary/aromatic N) is 2. The molecule has 6 nitrogen and oxygen atoms in total. The summed E-state index contributed by atoms with van der Waals surface area (Å²) in [5, 5.41) is 20.5. The van der Waals surface area contributed by atoms with Crippen LogP contribution in [0.2, 0.25) is 0 Å². The summed E-state index contributed by atoms with van der Waals surface area (Å²) in [5.41, 5.74) is -0.0450. The highest BCUT2D eigenvalue weighted by Gasteiger charge is 2.09. The molecule has 0 amide bonds. The molecule has 88 valence electrons. The summed E-state index contributed by atoms with van der Waals surface area (Å²) >= 11 is 0. The molecule has 3 N–H and O–H groups in total. The standard InChI is InChI=1S/C10H15N3O3/c1-2-7(4-6-14)12-10-11-5-3-8(13-10)9(15)16/h3,5,7,14H,2,4,6H2,1H3,(H,15,16)(H,11,12,13). The van der Waals surface area contributed by atoms with Gasteiger partial charge >= 0.3 is 5.97 Å². The van der Waals surface area contributed by atoms with E-state index in [0.29, 0.717) is 6.42 Å². The van der Waals surface area contributed by atoms with Crippen LogP contribution in [0, 0.1) is 0 Å². The Hall–Kier alpha value is -1.69. The average molecular weight is 225 g/mol. The van der Waals surface area contributed by atoms with Crippen molar-refractivity contribution in [3.63, 3.8) is 0 Å². The number of aromatic carboxylic acids is 1. The van der Waals surface area contributed by atoms with Gasteiger partial charge in [-0.05, 0) is 18.9 Å². The number of carbonyl (C=O) groups is 1. The van der Waals surface area contributed by atoms with E-state index in [4.69, 9.17) is 10.2 Å². The Morgan fingerprint density at radius 3 is 2.94 bits per heavy atom. The first-order valence-electron chi connectivity index (χ1n) is 5.11. The molecule has 0 fully saturated rings. The molecule has 1 unspecified atom stereocenters. The third kappa shape index (κ3) is 3.47. The number of nitrogens with one attached hydrogen (secondary N) is 1. The molecule has 0 saturated carbocycles. The van der Waals surface area contributed by atoms with Gasteiger partial charge in [-0.25, -0.2) is 14.8 Å². The summed E-state index contributed by atoms with van der Waals surface area (Å²) in [6.07, 6.45) is 2.78.